The van der Waals surface area contributed by atoms with Crippen LogP contribution >= 0.6 is 0 Å². The van der Waals surface area contributed by atoms with Gasteiger partial charge in [-0.05, 0) is 25.2 Å². The van der Waals surface area contributed by atoms with Crippen molar-refractivity contribution in [3.63, 3.8) is 0 Å². The Kier molecular flexibility index (Phi) is 6.59. The highest BCUT2D eigenvalue weighted by Gasteiger charge is 2.33. The van der Waals surface area contributed by atoms with Crippen LogP contribution in [0.5, 0.6) is 0 Å². The summed E-state index contributed by atoms with van der Waals surface area (Å²) in [6.07, 6.45) is 2.06. The Morgan fingerprint density at radius 2 is 1.91 bits per heavy atom. The van der Waals surface area contributed by atoms with Crippen molar-refractivity contribution in [3.8, 4) is 0 Å². The Morgan fingerprint density at radius 1 is 1.30 bits per heavy atom. The third-order valence-corrected chi connectivity index (χ3v) is 4.34. The molecule has 0 spiro atoms. The van der Waals surface area contributed by atoms with Gasteiger partial charge in [0.15, 0.2) is 0 Å². The first-order chi connectivity index (χ1) is 10.5. The van der Waals surface area contributed by atoms with E-state index < -0.39 is 17.3 Å². The zero-order valence-electron chi connectivity index (χ0n) is 15.0. The minimum Gasteiger partial charge on any atom is -0.481 e. The maximum absolute atomic E-state index is 12.6. The Morgan fingerprint density at radius 3 is 2.43 bits per heavy atom. The summed E-state index contributed by atoms with van der Waals surface area (Å²) in [6, 6.07) is 0. The molecule has 1 atom stereocenters. The Labute approximate surface area is 138 Å². The van der Waals surface area contributed by atoms with Crippen LogP contribution in [0.15, 0.2) is 0 Å². The molecule has 0 aromatic rings. The van der Waals surface area contributed by atoms with E-state index in [1.165, 1.54) is 4.90 Å². The normalized spacial score (nSPS) is 18.9. The van der Waals surface area contributed by atoms with Crippen LogP contribution in [0.1, 0.15) is 47.0 Å². The average Bonchev–Trinajstić information content (AvgIpc) is 2.45. The van der Waals surface area contributed by atoms with Crippen LogP contribution in [-0.2, 0) is 14.4 Å². The van der Waals surface area contributed by atoms with Crippen molar-refractivity contribution in [2.75, 3.05) is 26.7 Å². The second-order valence-corrected chi connectivity index (χ2v) is 7.66. The smallest absolute Gasteiger partial charge is 0.308 e. The first-order valence-corrected chi connectivity index (χ1v) is 8.30. The average molecular weight is 326 g/mol. The zero-order valence-corrected chi connectivity index (χ0v) is 15.0. The minimum absolute atomic E-state index is 0.00664. The van der Waals surface area contributed by atoms with Gasteiger partial charge in [-0.15, -0.1) is 0 Å². The molecule has 1 N–H and O–H groups in total. The van der Waals surface area contributed by atoms with Gasteiger partial charge in [-0.25, -0.2) is 0 Å². The van der Waals surface area contributed by atoms with Gasteiger partial charge in [0.25, 0.3) is 0 Å². The van der Waals surface area contributed by atoms with Gasteiger partial charge < -0.3 is 14.9 Å². The summed E-state index contributed by atoms with van der Waals surface area (Å²) in [6.45, 7) is 8.76. The van der Waals surface area contributed by atoms with Gasteiger partial charge in [0.05, 0.1) is 12.5 Å². The van der Waals surface area contributed by atoms with Crippen molar-refractivity contribution in [1.82, 2.24) is 9.80 Å². The van der Waals surface area contributed by atoms with Crippen molar-refractivity contribution in [1.29, 1.82) is 0 Å². The number of aliphatic carboxylic acids is 1. The quantitative estimate of drug-likeness (QED) is 0.808. The van der Waals surface area contributed by atoms with Crippen LogP contribution in [0.3, 0.4) is 0 Å². The van der Waals surface area contributed by atoms with E-state index in [-0.39, 0.29) is 24.9 Å². The third-order valence-electron chi connectivity index (χ3n) is 4.34. The van der Waals surface area contributed by atoms with Gasteiger partial charge in [0, 0.05) is 25.6 Å². The summed E-state index contributed by atoms with van der Waals surface area (Å²) in [5.74, 6) is -1.17. The molecule has 0 aromatic carbocycles. The van der Waals surface area contributed by atoms with Gasteiger partial charge >= 0.3 is 5.97 Å². The molecule has 1 aliphatic rings. The van der Waals surface area contributed by atoms with Crippen LogP contribution in [0.4, 0.5) is 0 Å². The third kappa shape index (κ3) is 5.52. The molecule has 1 fully saturated rings. The largest absolute Gasteiger partial charge is 0.481 e. The van der Waals surface area contributed by atoms with E-state index in [1.54, 1.807) is 11.9 Å². The first-order valence-electron chi connectivity index (χ1n) is 8.30. The maximum Gasteiger partial charge on any atom is 0.308 e. The predicted molar refractivity (Wildman–Crippen MR) is 87.8 cm³/mol. The molecule has 0 radical (unpaired) electrons. The highest BCUT2D eigenvalue weighted by Crippen LogP contribution is 2.27. The van der Waals surface area contributed by atoms with E-state index in [0.29, 0.717) is 25.3 Å². The molecule has 23 heavy (non-hydrogen) atoms. The monoisotopic (exact) mass is 326 g/mol. The second kappa shape index (κ2) is 7.79. The molecule has 6 nitrogen and oxygen atoms in total. The molecule has 1 saturated heterocycles. The molecule has 1 aliphatic heterocycles. The molecule has 6 heteroatoms. The van der Waals surface area contributed by atoms with Gasteiger partial charge in [-0.1, -0.05) is 27.7 Å². The fraction of sp³-hybridized carbons (Fsp3) is 0.824. The summed E-state index contributed by atoms with van der Waals surface area (Å²) in [5.41, 5.74) is -0.505. The number of carboxylic acid groups (broad SMARTS) is 1. The van der Waals surface area contributed by atoms with E-state index in [4.69, 9.17) is 5.11 Å². The molecule has 0 saturated carbocycles. The molecule has 1 unspecified atom stereocenters. The summed E-state index contributed by atoms with van der Waals surface area (Å²) < 4.78 is 0. The summed E-state index contributed by atoms with van der Waals surface area (Å²) >= 11 is 0. The maximum atomic E-state index is 12.6. The van der Waals surface area contributed by atoms with Crippen molar-refractivity contribution in [2.45, 2.75) is 47.0 Å². The first kappa shape index (κ1) is 19.5. The molecule has 0 bridgehead atoms. The van der Waals surface area contributed by atoms with Gasteiger partial charge in [-0.3, -0.25) is 14.4 Å². The molecule has 2 amide bonds. The van der Waals surface area contributed by atoms with Crippen LogP contribution in [-0.4, -0.2) is 59.4 Å². The van der Waals surface area contributed by atoms with Crippen LogP contribution in [0.2, 0.25) is 0 Å². The summed E-state index contributed by atoms with van der Waals surface area (Å²) in [5, 5.41) is 9.10. The van der Waals surface area contributed by atoms with E-state index in [9.17, 15) is 14.4 Å². The van der Waals surface area contributed by atoms with Crippen molar-refractivity contribution < 1.29 is 19.5 Å². The Balaban J connectivity index is 2.62. The van der Waals surface area contributed by atoms with Crippen LogP contribution in [0, 0.1) is 17.3 Å². The Bertz CT molecular complexity index is 460. The molecular weight excluding hydrogens is 296 g/mol. The number of hydrogen-bond acceptors (Lipinski definition) is 3. The fourth-order valence-corrected chi connectivity index (χ4v) is 3.40. The number of likely N-dealkylation sites (N-methyl/N-ethyl adjacent to an activating group) is 1. The molecule has 1 heterocycles. The predicted octanol–water partition coefficient (Wildman–Crippen LogP) is 1.84. The van der Waals surface area contributed by atoms with Crippen molar-refractivity contribution >= 4 is 17.8 Å². The van der Waals surface area contributed by atoms with Gasteiger partial charge in [-0.2, -0.15) is 0 Å². The number of carbonyl (C=O) groups excluding carboxylic acids is 2. The number of rotatable bonds is 6. The number of nitrogens with zero attached hydrogens (tertiary/aromatic N) is 2. The SMILES string of the molecule is CC(C)CC(C)(C)C(=O)N(C)CC(=O)N1CCCC(C(=O)O)C1. The lowest BCUT2D eigenvalue weighted by molar-refractivity contribution is -0.149. The van der Waals surface area contributed by atoms with Gasteiger partial charge in [0.1, 0.15) is 0 Å². The lowest BCUT2D eigenvalue weighted by atomic mass is 9.82. The van der Waals surface area contributed by atoms with E-state index in [1.807, 2.05) is 13.8 Å². The lowest BCUT2D eigenvalue weighted by Crippen LogP contribution is -2.49. The highest BCUT2D eigenvalue weighted by atomic mass is 16.4. The zero-order chi connectivity index (χ0) is 17.8. The number of carboxylic acids is 1. The Hall–Kier alpha value is -1.59. The van der Waals surface area contributed by atoms with Crippen molar-refractivity contribution in [3.05, 3.63) is 0 Å². The molecule has 1 rings (SSSR count). The standard InChI is InChI=1S/C17H30N2O4/c1-12(2)9-17(3,4)16(23)18(5)11-14(20)19-8-6-7-13(10-19)15(21)22/h12-13H,6-11H2,1-5H3,(H,21,22). The summed E-state index contributed by atoms with van der Waals surface area (Å²) in [7, 11) is 1.64. The van der Waals surface area contributed by atoms with E-state index in [0.717, 1.165) is 6.42 Å². The molecular formula is C17H30N2O4. The number of carbonyl (C=O) groups is 3. The van der Waals surface area contributed by atoms with E-state index in [2.05, 4.69) is 13.8 Å². The highest BCUT2D eigenvalue weighted by molar-refractivity contribution is 5.87. The topological polar surface area (TPSA) is 77.9 Å². The summed E-state index contributed by atoms with van der Waals surface area (Å²) in [4.78, 5) is 39.0. The second-order valence-electron chi connectivity index (χ2n) is 7.66. The van der Waals surface area contributed by atoms with Crippen molar-refractivity contribution in [2.24, 2.45) is 17.3 Å². The molecule has 0 aromatic heterocycles. The fourth-order valence-electron chi connectivity index (χ4n) is 3.40. The minimum atomic E-state index is -0.856. The molecule has 0 aliphatic carbocycles. The number of amides is 2. The number of piperidine rings is 1. The number of likely N-dealkylation sites (tertiary alicyclic amines) is 1. The van der Waals surface area contributed by atoms with Crippen LogP contribution in [0.25, 0.3) is 0 Å². The van der Waals surface area contributed by atoms with Gasteiger partial charge in [0.2, 0.25) is 11.8 Å². The number of hydrogen-bond donors (Lipinski definition) is 1. The molecule has 132 valence electrons. The van der Waals surface area contributed by atoms with Crippen LogP contribution < -0.4 is 0 Å². The lowest BCUT2D eigenvalue weighted by Gasteiger charge is -2.34. The van der Waals surface area contributed by atoms with E-state index >= 15 is 0 Å².